The van der Waals surface area contributed by atoms with Crippen molar-refractivity contribution in [1.29, 1.82) is 0 Å². The van der Waals surface area contributed by atoms with E-state index in [1.165, 1.54) is 0 Å². The van der Waals surface area contributed by atoms with Crippen LogP contribution in [0.3, 0.4) is 0 Å². The summed E-state index contributed by atoms with van der Waals surface area (Å²) in [6.45, 7) is -7.72. The van der Waals surface area contributed by atoms with Crippen molar-refractivity contribution < 1.29 is 31.2 Å². The van der Waals surface area contributed by atoms with E-state index in [-0.39, 0.29) is 0 Å². The standard InChI is InChI=1S/C4H4ClF4O3P/c5-13(10)11-1-3(6,7)4(8,9)2-12-13/h1-2H2. The largest absolute Gasteiger partial charge is 0.424 e. The molecule has 0 radical (unpaired) electrons. The van der Waals surface area contributed by atoms with Crippen LogP contribution in [0.1, 0.15) is 0 Å². The van der Waals surface area contributed by atoms with Gasteiger partial charge in [0.25, 0.3) is 0 Å². The number of hydrogen-bond acceptors (Lipinski definition) is 3. The summed E-state index contributed by atoms with van der Waals surface area (Å²) in [5.74, 6) is -8.85. The molecule has 1 aliphatic heterocycles. The van der Waals surface area contributed by atoms with E-state index in [9.17, 15) is 22.1 Å². The second-order valence-electron chi connectivity index (χ2n) is 2.39. The summed E-state index contributed by atoms with van der Waals surface area (Å²) in [5.41, 5.74) is 0. The molecule has 0 bridgehead atoms. The van der Waals surface area contributed by atoms with Gasteiger partial charge in [0, 0.05) is 11.2 Å². The molecule has 0 spiro atoms. The Hall–Kier alpha value is 0.160. The Morgan fingerprint density at radius 2 is 1.38 bits per heavy atom. The molecule has 1 fully saturated rings. The molecule has 0 N–H and O–H groups in total. The normalized spacial score (nSPS) is 30.8. The van der Waals surface area contributed by atoms with Crippen molar-refractivity contribution in [2.75, 3.05) is 13.2 Å². The van der Waals surface area contributed by atoms with E-state index in [0.717, 1.165) is 0 Å². The Bertz CT molecular complexity index is 236. The highest BCUT2D eigenvalue weighted by Gasteiger charge is 2.60. The molecule has 1 rings (SSSR count). The van der Waals surface area contributed by atoms with Gasteiger partial charge >= 0.3 is 18.8 Å². The summed E-state index contributed by atoms with van der Waals surface area (Å²) < 4.78 is 68.1. The highest BCUT2D eigenvalue weighted by atomic mass is 35.7. The van der Waals surface area contributed by atoms with Gasteiger partial charge in [-0.1, -0.05) is 0 Å². The molecule has 0 aromatic rings. The second-order valence-corrected chi connectivity index (χ2v) is 5.01. The smallest absolute Gasteiger partial charge is 0.290 e. The second kappa shape index (κ2) is 3.08. The lowest BCUT2D eigenvalue weighted by Crippen LogP contribution is -2.45. The van der Waals surface area contributed by atoms with Crippen LogP contribution >= 0.6 is 18.2 Å². The number of halogens is 5. The first-order chi connectivity index (χ1) is 5.66. The summed E-state index contributed by atoms with van der Waals surface area (Å²) >= 11 is 4.88. The van der Waals surface area contributed by atoms with Crippen molar-refractivity contribution in [3.63, 3.8) is 0 Å². The minimum Gasteiger partial charge on any atom is -0.290 e. The first kappa shape index (κ1) is 11.2. The summed E-state index contributed by atoms with van der Waals surface area (Å²) in [6.07, 6.45) is 0. The topological polar surface area (TPSA) is 35.5 Å². The molecule has 13 heavy (non-hydrogen) atoms. The van der Waals surface area contributed by atoms with Gasteiger partial charge in [0.2, 0.25) is 0 Å². The van der Waals surface area contributed by atoms with Crippen molar-refractivity contribution in [3.8, 4) is 0 Å². The van der Waals surface area contributed by atoms with Crippen molar-refractivity contribution in [3.05, 3.63) is 0 Å². The van der Waals surface area contributed by atoms with Gasteiger partial charge < -0.3 is 0 Å². The van der Waals surface area contributed by atoms with Gasteiger partial charge in [-0.05, 0) is 0 Å². The molecule has 0 unspecified atom stereocenters. The average molecular weight is 242 g/mol. The molecule has 0 aliphatic carbocycles. The lowest BCUT2D eigenvalue weighted by atomic mass is 10.2. The minimum absolute atomic E-state index is 1.72. The third-order valence-corrected chi connectivity index (χ3v) is 2.80. The maximum atomic E-state index is 12.5. The SMILES string of the molecule is O=P1(Cl)OCC(F)(F)C(F)(F)CO1. The molecule has 0 atom stereocenters. The number of rotatable bonds is 0. The van der Waals surface area contributed by atoms with Gasteiger partial charge in [-0.25, -0.2) is 4.57 Å². The van der Waals surface area contributed by atoms with Crippen molar-refractivity contribution in [2.24, 2.45) is 0 Å². The third-order valence-electron chi connectivity index (χ3n) is 1.34. The van der Waals surface area contributed by atoms with Crippen molar-refractivity contribution in [1.82, 2.24) is 0 Å². The van der Waals surface area contributed by atoms with Gasteiger partial charge in [0.1, 0.15) is 13.2 Å². The Morgan fingerprint density at radius 3 is 1.69 bits per heavy atom. The van der Waals surface area contributed by atoms with Crippen molar-refractivity contribution >= 4 is 18.2 Å². The van der Waals surface area contributed by atoms with Crippen LogP contribution in [0.2, 0.25) is 0 Å². The molecule has 0 amide bonds. The van der Waals surface area contributed by atoms with E-state index in [4.69, 9.17) is 11.2 Å². The fraction of sp³-hybridized carbons (Fsp3) is 1.00. The summed E-state index contributed by atoms with van der Waals surface area (Å²) in [4.78, 5) is 0. The number of alkyl halides is 4. The first-order valence-corrected chi connectivity index (χ1v) is 5.45. The first-order valence-electron chi connectivity index (χ1n) is 3.01. The minimum atomic E-state index is -4.42. The Morgan fingerprint density at radius 1 is 1.08 bits per heavy atom. The predicted molar refractivity (Wildman–Crippen MR) is 35.3 cm³/mol. The fourth-order valence-electron chi connectivity index (χ4n) is 0.565. The highest BCUT2D eigenvalue weighted by Crippen LogP contribution is 2.58. The molecule has 9 heteroatoms. The predicted octanol–water partition coefficient (Wildman–Crippen LogP) is 2.65. The quantitative estimate of drug-likeness (QED) is 0.484. The monoisotopic (exact) mass is 242 g/mol. The van der Waals surface area contributed by atoms with Gasteiger partial charge in [0.05, 0.1) is 0 Å². The molecule has 3 nitrogen and oxygen atoms in total. The van der Waals surface area contributed by atoms with Crippen LogP contribution in [0.5, 0.6) is 0 Å². The van der Waals surface area contributed by atoms with E-state index in [0.29, 0.717) is 0 Å². The molecule has 78 valence electrons. The van der Waals surface area contributed by atoms with Gasteiger partial charge in [-0.15, -0.1) is 0 Å². The van der Waals surface area contributed by atoms with Gasteiger partial charge in [-0.2, -0.15) is 17.6 Å². The molecule has 1 saturated heterocycles. The van der Waals surface area contributed by atoms with Crippen LogP contribution in [-0.2, 0) is 13.6 Å². The summed E-state index contributed by atoms with van der Waals surface area (Å²) in [6, 6.07) is 0. The number of hydrogen-bond donors (Lipinski definition) is 0. The van der Waals surface area contributed by atoms with Crippen LogP contribution < -0.4 is 0 Å². The highest BCUT2D eigenvalue weighted by molar-refractivity contribution is 7.81. The Balaban J connectivity index is 2.89. The maximum Gasteiger partial charge on any atom is 0.424 e. The van der Waals surface area contributed by atoms with Crippen LogP contribution in [0.4, 0.5) is 17.6 Å². The van der Waals surface area contributed by atoms with E-state index < -0.39 is 32.0 Å². The zero-order valence-corrected chi connectivity index (χ0v) is 7.63. The van der Waals surface area contributed by atoms with E-state index in [2.05, 4.69) is 9.05 Å². The summed E-state index contributed by atoms with van der Waals surface area (Å²) in [7, 11) is 0. The molecular weight excluding hydrogens is 238 g/mol. The van der Waals surface area contributed by atoms with E-state index in [1.807, 2.05) is 0 Å². The summed E-state index contributed by atoms with van der Waals surface area (Å²) in [5, 5.41) is 0. The van der Waals surface area contributed by atoms with Crippen LogP contribution in [0, 0.1) is 0 Å². The lowest BCUT2D eigenvalue weighted by Gasteiger charge is -2.21. The van der Waals surface area contributed by atoms with Crippen molar-refractivity contribution in [2.45, 2.75) is 11.8 Å². The zero-order valence-electron chi connectivity index (χ0n) is 5.98. The third kappa shape index (κ3) is 2.34. The van der Waals surface area contributed by atoms with E-state index in [1.54, 1.807) is 0 Å². The molecule has 1 aliphatic rings. The van der Waals surface area contributed by atoms with Crippen LogP contribution in [0.15, 0.2) is 0 Å². The Labute approximate surface area is 75.3 Å². The molecular formula is C4H4ClF4O3P. The lowest BCUT2D eigenvalue weighted by molar-refractivity contribution is -0.222. The maximum absolute atomic E-state index is 12.5. The zero-order chi connectivity index (χ0) is 10.3. The molecule has 1 heterocycles. The van der Waals surface area contributed by atoms with E-state index >= 15 is 0 Å². The van der Waals surface area contributed by atoms with Gasteiger partial charge in [-0.3, -0.25) is 9.05 Å². The van der Waals surface area contributed by atoms with Gasteiger partial charge in [0.15, 0.2) is 0 Å². The fourth-order valence-corrected chi connectivity index (χ4v) is 1.56. The average Bonchev–Trinajstić information content (AvgIpc) is 2.02. The van der Waals surface area contributed by atoms with Crippen LogP contribution in [0.25, 0.3) is 0 Å². The molecule has 0 saturated carbocycles. The molecule has 0 aromatic heterocycles. The Kier molecular flexibility index (Phi) is 2.67. The molecule has 0 aromatic carbocycles. The van der Waals surface area contributed by atoms with Crippen LogP contribution in [-0.4, -0.2) is 25.1 Å².